The average molecular weight is 524 g/mol. The molecule has 1 aliphatic rings. The number of hydrogen-bond acceptors (Lipinski definition) is 4. The molecule has 2 heterocycles. The Kier molecular flexibility index (Phi) is 5.91. The van der Waals surface area contributed by atoms with E-state index in [1.165, 1.54) is 12.1 Å². The minimum absolute atomic E-state index is 0. The van der Waals surface area contributed by atoms with Crippen LogP contribution in [0.1, 0.15) is 21.5 Å². The van der Waals surface area contributed by atoms with Crippen molar-refractivity contribution in [3.63, 3.8) is 0 Å². The number of nitrogens with zero attached hydrogens (tertiary/aromatic N) is 2. The van der Waals surface area contributed by atoms with E-state index in [0.29, 0.717) is 16.6 Å². The molecule has 5 rings (SSSR count). The first-order valence-electron chi connectivity index (χ1n) is 9.51. The van der Waals surface area contributed by atoms with E-state index in [4.69, 9.17) is 28.3 Å². The maximum absolute atomic E-state index is 14.1. The number of carbonyl (C=O) groups is 2. The predicted molar refractivity (Wildman–Crippen MR) is 128 cm³/mol. The molecule has 0 radical (unpaired) electrons. The van der Waals surface area contributed by atoms with Crippen LogP contribution in [-0.4, -0.2) is 32.2 Å². The molecule has 174 valence electrons. The summed E-state index contributed by atoms with van der Waals surface area (Å²) < 4.78 is 14.1. The number of aromatic nitrogens is 2. The Labute approximate surface area is 207 Å². The second-order valence-electron chi connectivity index (χ2n) is 7.33. The van der Waals surface area contributed by atoms with Gasteiger partial charge in [-0.1, -0.05) is 47.5 Å². The lowest BCUT2D eigenvalue weighted by molar-refractivity contribution is 0.0704. The number of carboxylic acid groups (broad SMARTS) is 1. The molecule has 8 nitrogen and oxygen atoms in total. The minimum atomic E-state index is -2.00. The van der Waals surface area contributed by atoms with Crippen LogP contribution in [0.3, 0.4) is 0 Å². The first kappa shape index (κ1) is 23.8. The first-order chi connectivity index (χ1) is 15.7. The van der Waals surface area contributed by atoms with Crippen LogP contribution in [0.15, 0.2) is 54.6 Å². The fraction of sp³-hybridized carbons (Fsp3) is 0.0455. The third-order valence-electron chi connectivity index (χ3n) is 5.40. The summed E-state index contributed by atoms with van der Waals surface area (Å²) >= 11 is 11.9. The molecule has 2 amide bonds. The quantitative estimate of drug-likeness (QED) is 0.269. The third-order valence-corrected chi connectivity index (χ3v) is 5.95. The Morgan fingerprint density at radius 3 is 2.47 bits per heavy atom. The molecule has 0 saturated heterocycles. The Bertz CT molecular complexity index is 1450. The number of anilines is 2. The molecule has 1 aromatic heterocycles. The van der Waals surface area contributed by atoms with Crippen LogP contribution >= 0.6 is 35.6 Å². The molecule has 1 unspecified atom stereocenters. The van der Waals surface area contributed by atoms with E-state index in [9.17, 15) is 19.1 Å². The number of aromatic amines is 1. The van der Waals surface area contributed by atoms with Gasteiger partial charge < -0.3 is 15.2 Å². The number of halogens is 4. The van der Waals surface area contributed by atoms with Gasteiger partial charge in [0.1, 0.15) is 0 Å². The second-order valence-corrected chi connectivity index (χ2v) is 8.14. The molecule has 34 heavy (non-hydrogen) atoms. The van der Waals surface area contributed by atoms with Crippen LogP contribution in [0.4, 0.5) is 20.8 Å². The number of amides is 2. The number of H-pyrrole nitrogens is 1. The average Bonchev–Trinajstić information content (AvgIpc) is 3.27. The number of hydrogen-bond donors (Lipinski definition) is 4. The number of rotatable bonds is 3. The van der Waals surface area contributed by atoms with Crippen molar-refractivity contribution >= 4 is 70.3 Å². The zero-order valence-electron chi connectivity index (χ0n) is 16.8. The van der Waals surface area contributed by atoms with Crippen molar-refractivity contribution in [2.24, 2.45) is 0 Å². The molecule has 0 saturated carbocycles. The highest BCUT2D eigenvalue weighted by Crippen LogP contribution is 2.46. The smallest absolute Gasteiger partial charge is 0.411 e. The van der Waals surface area contributed by atoms with Gasteiger partial charge in [-0.25, -0.2) is 14.2 Å². The molecule has 1 atom stereocenters. The van der Waals surface area contributed by atoms with Crippen LogP contribution in [0.2, 0.25) is 10.0 Å². The zero-order valence-corrected chi connectivity index (χ0v) is 19.2. The fourth-order valence-corrected chi connectivity index (χ4v) is 4.48. The molecule has 4 aromatic rings. The van der Waals surface area contributed by atoms with Crippen LogP contribution < -0.4 is 10.2 Å². The van der Waals surface area contributed by atoms with Crippen molar-refractivity contribution in [3.8, 4) is 0 Å². The minimum Gasteiger partial charge on any atom is -0.465 e. The van der Waals surface area contributed by atoms with Gasteiger partial charge in [0.15, 0.2) is 11.5 Å². The van der Waals surface area contributed by atoms with E-state index in [0.717, 1.165) is 4.90 Å². The number of carbonyl (C=O) groups excluding carboxylic acids is 1. The molecule has 1 aliphatic heterocycles. The topological polar surface area (TPSA) is 119 Å². The zero-order chi connectivity index (χ0) is 23.5. The molecule has 0 spiro atoms. The van der Waals surface area contributed by atoms with Crippen LogP contribution in [0, 0.1) is 5.82 Å². The Balaban J connectivity index is 0.00000274. The summed E-state index contributed by atoms with van der Waals surface area (Å²) in [4.78, 5) is 32.3. The van der Waals surface area contributed by atoms with Gasteiger partial charge in [0, 0.05) is 16.7 Å². The summed E-state index contributed by atoms with van der Waals surface area (Å²) in [6.07, 6.45) is -1.29. The van der Waals surface area contributed by atoms with Gasteiger partial charge in [-0.15, -0.1) is 12.4 Å². The number of nitrogens with one attached hydrogen (secondary N) is 2. The molecular formula is C22H14Cl3FN4O4. The van der Waals surface area contributed by atoms with E-state index >= 15 is 0 Å². The second kappa shape index (κ2) is 8.44. The van der Waals surface area contributed by atoms with Crippen molar-refractivity contribution in [2.75, 3.05) is 10.2 Å². The van der Waals surface area contributed by atoms with Crippen molar-refractivity contribution < 1.29 is 24.2 Å². The number of imidazole rings is 1. The van der Waals surface area contributed by atoms with Gasteiger partial charge in [-0.3, -0.25) is 15.0 Å². The van der Waals surface area contributed by atoms with Crippen molar-refractivity contribution in [1.82, 2.24) is 9.97 Å². The van der Waals surface area contributed by atoms with Gasteiger partial charge >= 0.3 is 6.09 Å². The molecule has 4 N–H and O–H groups in total. The molecule has 12 heteroatoms. The molecule has 0 aliphatic carbocycles. The highest BCUT2D eigenvalue weighted by molar-refractivity contribution is 6.35. The lowest BCUT2D eigenvalue weighted by Gasteiger charge is -2.35. The van der Waals surface area contributed by atoms with E-state index in [1.807, 2.05) is 0 Å². The molecule has 0 bridgehead atoms. The van der Waals surface area contributed by atoms with E-state index in [-0.39, 0.29) is 45.2 Å². The van der Waals surface area contributed by atoms with Gasteiger partial charge in [0.2, 0.25) is 5.95 Å². The van der Waals surface area contributed by atoms with Gasteiger partial charge in [0.05, 0.1) is 26.8 Å². The van der Waals surface area contributed by atoms with Gasteiger partial charge in [-0.2, -0.15) is 0 Å². The largest absolute Gasteiger partial charge is 0.465 e. The molecule has 3 aromatic carbocycles. The standard InChI is InChI=1S/C22H13Cl2FN4O4.ClH/c23-14-8-11(9-15(24)18(14)25)29-19(30)12-3-1-2-4-13(12)22(29,33)10-5-6-16-17(7-10)27-20(26-16)28-21(31)32;/h1-9,33H,(H,31,32)(H2,26,27,28);1H. The monoisotopic (exact) mass is 522 g/mol. The van der Waals surface area contributed by atoms with Crippen LogP contribution in [0.25, 0.3) is 11.0 Å². The van der Waals surface area contributed by atoms with E-state index in [1.54, 1.807) is 42.5 Å². The molecule has 0 fully saturated rings. The van der Waals surface area contributed by atoms with Crippen molar-refractivity contribution in [2.45, 2.75) is 5.72 Å². The van der Waals surface area contributed by atoms with Crippen molar-refractivity contribution in [1.29, 1.82) is 0 Å². The molecular weight excluding hydrogens is 510 g/mol. The SMILES string of the molecule is Cl.O=C(O)Nc1nc2ccc(C3(O)c4ccccc4C(=O)N3c3cc(Cl)c(F)c(Cl)c3)cc2[nH]1. The van der Waals surface area contributed by atoms with Crippen LogP contribution in [0.5, 0.6) is 0 Å². The Hall–Kier alpha value is -3.37. The highest BCUT2D eigenvalue weighted by atomic mass is 35.5. The normalized spacial score (nSPS) is 16.9. The van der Waals surface area contributed by atoms with Gasteiger partial charge in [-0.05, 0) is 30.3 Å². The summed E-state index contributed by atoms with van der Waals surface area (Å²) in [5.74, 6) is -1.38. The fourth-order valence-electron chi connectivity index (χ4n) is 4.01. The number of aliphatic hydroxyl groups is 1. The van der Waals surface area contributed by atoms with Crippen molar-refractivity contribution in [3.05, 3.63) is 87.2 Å². The lowest BCUT2D eigenvalue weighted by atomic mass is 9.93. The maximum atomic E-state index is 14.1. The van der Waals surface area contributed by atoms with E-state index in [2.05, 4.69) is 15.3 Å². The third kappa shape index (κ3) is 3.54. The Morgan fingerprint density at radius 2 is 1.79 bits per heavy atom. The first-order valence-corrected chi connectivity index (χ1v) is 10.3. The summed E-state index contributed by atoms with van der Waals surface area (Å²) in [6.45, 7) is 0. The summed E-state index contributed by atoms with van der Waals surface area (Å²) in [5.41, 5.74) is -0.246. The predicted octanol–water partition coefficient (Wildman–Crippen LogP) is 5.37. The lowest BCUT2D eigenvalue weighted by Crippen LogP contribution is -2.45. The Morgan fingerprint density at radius 1 is 1.12 bits per heavy atom. The van der Waals surface area contributed by atoms with E-state index < -0.39 is 23.5 Å². The summed E-state index contributed by atoms with van der Waals surface area (Å²) in [7, 11) is 0. The number of fused-ring (bicyclic) bond motifs is 2. The highest BCUT2D eigenvalue weighted by Gasteiger charge is 2.51. The number of benzene rings is 3. The van der Waals surface area contributed by atoms with Gasteiger partial charge in [0.25, 0.3) is 5.91 Å². The maximum Gasteiger partial charge on any atom is 0.411 e. The summed E-state index contributed by atoms with van der Waals surface area (Å²) in [5, 5.41) is 22.5. The summed E-state index contributed by atoms with van der Waals surface area (Å²) in [6, 6.07) is 13.6. The van der Waals surface area contributed by atoms with Crippen LogP contribution in [-0.2, 0) is 5.72 Å².